The van der Waals surface area contributed by atoms with E-state index in [1.165, 1.54) is 6.33 Å². The van der Waals surface area contributed by atoms with Crippen LogP contribution in [0.15, 0.2) is 36.7 Å². The maximum absolute atomic E-state index is 5.71. The lowest BCUT2D eigenvalue weighted by atomic mass is 10.3. The van der Waals surface area contributed by atoms with Crippen molar-refractivity contribution in [2.24, 2.45) is 0 Å². The third-order valence-corrected chi connectivity index (χ3v) is 2.50. The zero-order valence-corrected chi connectivity index (χ0v) is 10.4. The van der Waals surface area contributed by atoms with Crippen LogP contribution < -0.4 is 4.74 Å². The first-order chi connectivity index (χ1) is 7.24. The van der Waals surface area contributed by atoms with E-state index in [4.69, 9.17) is 16.3 Å². The second kappa shape index (κ2) is 4.76. The number of hydrogen-bond donors (Lipinski definition) is 0. The van der Waals surface area contributed by atoms with Crippen LogP contribution in [0.2, 0.25) is 5.15 Å². The van der Waals surface area contributed by atoms with Gasteiger partial charge in [0.25, 0.3) is 0 Å². The molecule has 0 spiro atoms. The average molecular weight is 333 g/mol. The Hall–Kier alpha value is -0.880. The minimum absolute atomic E-state index is 0.366. The van der Waals surface area contributed by atoms with Crippen molar-refractivity contribution in [3.63, 3.8) is 0 Å². The number of aromatic nitrogens is 2. The molecule has 2 aromatic rings. The minimum atomic E-state index is 0.366. The zero-order chi connectivity index (χ0) is 10.7. The number of halogens is 2. The van der Waals surface area contributed by atoms with E-state index in [1.54, 1.807) is 6.07 Å². The summed E-state index contributed by atoms with van der Waals surface area (Å²) in [6.07, 6.45) is 1.37. The van der Waals surface area contributed by atoms with E-state index in [1.807, 2.05) is 24.3 Å². The summed E-state index contributed by atoms with van der Waals surface area (Å²) < 4.78 is 6.60. The molecular formula is C10H6ClIN2O. The largest absolute Gasteiger partial charge is 0.439 e. The van der Waals surface area contributed by atoms with E-state index >= 15 is 0 Å². The van der Waals surface area contributed by atoms with Crippen molar-refractivity contribution >= 4 is 34.2 Å². The summed E-state index contributed by atoms with van der Waals surface area (Å²) in [4.78, 5) is 7.72. The van der Waals surface area contributed by atoms with Gasteiger partial charge >= 0.3 is 0 Å². The van der Waals surface area contributed by atoms with Crippen LogP contribution in [0.25, 0.3) is 0 Å². The van der Waals surface area contributed by atoms with Gasteiger partial charge in [0.2, 0.25) is 5.88 Å². The zero-order valence-electron chi connectivity index (χ0n) is 7.52. The van der Waals surface area contributed by atoms with Crippen LogP contribution in [0, 0.1) is 3.57 Å². The maximum Gasteiger partial charge on any atom is 0.223 e. The second-order valence-corrected chi connectivity index (χ2v) is 4.37. The normalized spacial score (nSPS) is 10.0. The predicted molar refractivity (Wildman–Crippen MR) is 66.3 cm³/mol. The fraction of sp³-hybridized carbons (Fsp3) is 0. The van der Waals surface area contributed by atoms with Crippen LogP contribution in [-0.2, 0) is 0 Å². The van der Waals surface area contributed by atoms with Gasteiger partial charge in [-0.05, 0) is 40.8 Å². The Morgan fingerprint density at radius 3 is 2.80 bits per heavy atom. The van der Waals surface area contributed by atoms with Gasteiger partial charge < -0.3 is 4.74 Å². The molecule has 0 saturated heterocycles. The lowest BCUT2D eigenvalue weighted by Gasteiger charge is -2.04. The average Bonchev–Trinajstić information content (AvgIpc) is 2.17. The van der Waals surface area contributed by atoms with E-state index in [-0.39, 0.29) is 0 Å². The van der Waals surface area contributed by atoms with Crippen molar-refractivity contribution in [1.82, 2.24) is 9.97 Å². The summed E-state index contributed by atoms with van der Waals surface area (Å²) in [7, 11) is 0. The van der Waals surface area contributed by atoms with Crippen LogP contribution >= 0.6 is 34.2 Å². The molecule has 0 bridgehead atoms. The van der Waals surface area contributed by atoms with E-state index in [9.17, 15) is 0 Å². The number of hydrogen-bond acceptors (Lipinski definition) is 3. The van der Waals surface area contributed by atoms with Crippen LogP contribution in [0.5, 0.6) is 11.6 Å². The molecule has 1 heterocycles. The Morgan fingerprint density at radius 1 is 1.20 bits per heavy atom. The van der Waals surface area contributed by atoms with Crippen molar-refractivity contribution in [3.8, 4) is 11.6 Å². The van der Waals surface area contributed by atoms with Gasteiger partial charge in [-0.3, -0.25) is 0 Å². The number of nitrogens with zero attached hydrogens (tertiary/aromatic N) is 2. The summed E-state index contributed by atoms with van der Waals surface area (Å²) in [5.74, 6) is 1.17. The van der Waals surface area contributed by atoms with Crippen molar-refractivity contribution in [2.75, 3.05) is 0 Å². The van der Waals surface area contributed by atoms with Gasteiger partial charge in [0.15, 0.2) is 0 Å². The van der Waals surface area contributed by atoms with Gasteiger partial charge in [-0.2, -0.15) is 0 Å². The molecule has 15 heavy (non-hydrogen) atoms. The summed E-state index contributed by atoms with van der Waals surface area (Å²) in [5.41, 5.74) is 0. The van der Waals surface area contributed by atoms with Gasteiger partial charge in [0.1, 0.15) is 17.2 Å². The Balaban J connectivity index is 2.22. The summed E-state index contributed by atoms with van der Waals surface area (Å²) in [5, 5.41) is 0.366. The van der Waals surface area contributed by atoms with Crippen molar-refractivity contribution in [3.05, 3.63) is 45.4 Å². The molecule has 0 aliphatic rings. The third-order valence-electron chi connectivity index (χ3n) is 1.63. The summed E-state index contributed by atoms with van der Waals surface area (Å²) >= 11 is 7.93. The molecule has 1 aromatic heterocycles. The van der Waals surface area contributed by atoms with Gasteiger partial charge in [-0.15, -0.1) is 0 Å². The molecule has 0 N–H and O–H groups in total. The van der Waals surface area contributed by atoms with Gasteiger partial charge in [-0.1, -0.05) is 17.7 Å². The first-order valence-corrected chi connectivity index (χ1v) is 5.61. The Kier molecular flexibility index (Phi) is 3.37. The lowest BCUT2D eigenvalue weighted by molar-refractivity contribution is 0.461. The quantitative estimate of drug-likeness (QED) is 0.623. The summed E-state index contributed by atoms with van der Waals surface area (Å²) in [6.45, 7) is 0. The molecule has 5 heteroatoms. The van der Waals surface area contributed by atoms with E-state index < -0.39 is 0 Å². The SMILES string of the molecule is Clc1cc(Oc2cccc(I)c2)ncn1. The number of benzene rings is 1. The Morgan fingerprint density at radius 2 is 2.07 bits per heavy atom. The molecule has 0 aliphatic carbocycles. The van der Waals surface area contributed by atoms with E-state index in [2.05, 4.69) is 32.6 Å². The molecule has 0 amide bonds. The topological polar surface area (TPSA) is 35.0 Å². The van der Waals surface area contributed by atoms with E-state index in [0.717, 1.165) is 9.32 Å². The maximum atomic E-state index is 5.71. The first kappa shape index (κ1) is 10.6. The highest BCUT2D eigenvalue weighted by molar-refractivity contribution is 14.1. The highest BCUT2D eigenvalue weighted by Crippen LogP contribution is 2.22. The Labute approximate surface area is 106 Å². The van der Waals surface area contributed by atoms with Crippen LogP contribution in [0.4, 0.5) is 0 Å². The van der Waals surface area contributed by atoms with Crippen molar-refractivity contribution in [2.45, 2.75) is 0 Å². The molecule has 0 radical (unpaired) electrons. The number of ether oxygens (including phenoxy) is 1. The van der Waals surface area contributed by atoms with Crippen LogP contribution in [0.1, 0.15) is 0 Å². The van der Waals surface area contributed by atoms with Gasteiger partial charge in [0, 0.05) is 9.64 Å². The molecule has 0 aliphatic heterocycles. The number of rotatable bonds is 2. The third kappa shape index (κ3) is 3.04. The molecule has 0 fully saturated rings. The molecule has 0 saturated carbocycles. The van der Waals surface area contributed by atoms with Crippen LogP contribution in [-0.4, -0.2) is 9.97 Å². The predicted octanol–water partition coefficient (Wildman–Crippen LogP) is 3.53. The van der Waals surface area contributed by atoms with Crippen molar-refractivity contribution < 1.29 is 4.74 Å². The molecule has 3 nitrogen and oxygen atoms in total. The molecule has 1 aromatic carbocycles. The fourth-order valence-electron chi connectivity index (χ4n) is 1.02. The van der Waals surface area contributed by atoms with E-state index in [0.29, 0.717) is 11.0 Å². The van der Waals surface area contributed by atoms with Gasteiger partial charge in [0.05, 0.1) is 0 Å². The molecule has 0 unspecified atom stereocenters. The Bertz CT molecular complexity index is 435. The van der Waals surface area contributed by atoms with Crippen molar-refractivity contribution in [1.29, 1.82) is 0 Å². The first-order valence-electron chi connectivity index (χ1n) is 4.15. The molecule has 0 atom stereocenters. The minimum Gasteiger partial charge on any atom is -0.439 e. The smallest absolute Gasteiger partial charge is 0.223 e. The fourth-order valence-corrected chi connectivity index (χ4v) is 1.68. The van der Waals surface area contributed by atoms with Crippen LogP contribution in [0.3, 0.4) is 0 Å². The highest BCUT2D eigenvalue weighted by atomic mass is 127. The molecule has 76 valence electrons. The molecule has 2 rings (SSSR count). The molecular weight excluding hydrogens is 326 g/mol. The lowest BCUT2D eigenvalue weighted by Crippen LogP contribution is -1.88. The second-order valence-electron chi connectivity index (χ2n) is 2.74. The highest BCUT2D eigenvalue weighted by Gasteiger charge is 2.00. The standard InChI is InChI=1S/C10H6ClIN2O/c11-9-5-10(14-6-13-9)15-8-3-1-2-7(12)4-8/h1-6H. The monoisotopic (exact) mass is 332 g/mol. The summed E-state index contributed by atoms with van der Waals surface area (Å²) in [6, 6.07) is 9.25. The van der Waals surface area contributed by atoms with Gasteiger partial charge in [-0.25, -0.2) is 9.97 Å².